The van der Waals surface area contributed by atoms with Gasteiger partial charge >= 0.3 is 0 Å². The minimum absolute atomic E-state index is 0.0184. The van der Waals surface area contributed by atoms with Gasteiger partial charge in [0.15, 0.2) is 0 Å². The molecule has 2 aromatic rings. The molecule has 1 amide bonds. The van der Waals surface area contributed by atoms with Crippen LogP contribution in [-0.4, -0.2) is 23.0 Å². The molecular formula is C16H19N3OS. The molecule has 0 aliphatic heterocycles. The second kappa shape index (κ2) is 6.37. The molecule has 1 aromatic carbocycles. The minimum Gasteiger partial charge on any atom is -0.349 e. The van der Waals surface area contributed by atoms with E-state index in [-0.39, 0.29) is 11.9 Å². The van der Waals surface area contributed by atoms with Gasteiger partial charge in [0.1, 0.15) is 9.88 Å². The predicted molar refractivity (Wildman–Crippen MR) is 85.2 cm³/mol. The van der Waals surface area contributed by atoms with E-state index in [1.165, 1.54) is 11.3 Å². The van der Waals surface area contributed by atoms with Crippen LogP contribution >= 0.6 is 11.3 Å². The zero-order valence-corrected chi connectivity index (χ0v) is 12.6. The van der Waals surface area contributed by atoms with E-state index < -0.39 is 0 Å². The summed E-state index contributed by atoms with van der Waals surface area (Å²) < 4.78 is 0. The summed E-state index contributed by atoms with van der Waals surface area (Å²) >= 11 is 1.44. The van der Waals surface area contributed by atoms with Gasteiger partial charge in [0, 0.05) is 17.6 Å². The third-order valence-corrected chi connectivity index (χ3v) is 4.90. The highest BCUT2D eigenvalue weighted by atomic mass is 32.1. The van der Waals surface area contributed by atoms with Gasteiger partial charge in [0.25, 0.3) is 5.91 Å². The number of aromatic nitrogens is 1. The zero-order chi connectivity index (χ0) is 14.7. The number of benzene rings is 1. The summed E-state index contributed by atoms with van der Waals surface area (Å²) in [5.41, 5.74) is 6.93. The van der Waals surface area contributed by atoms with E-state index in [0.29, 0.717) is 10.9 Å². The maximum Gasteiger partial charge on any atom is 0.263 e. The Hall–Kier alpha value is -1.72. The lowest BCUT2D eigenvalue weighted by atomic mass is 9.92. The molecule has 21 heavy (non-hydrogen) atoms. The number of thiazole rings is 1. The van der Waals surface area contributed by atoms with Crippen LogP contribution in [0.2, 0.25) is 0 Å². The van der Waals surface area contributed by atoms with Crippen molar-refractivity contribution in [1.29, 1.82) is 0 Å². The summed E-state index contributed by atoms with van der Waals surface area (Å²) in [4.78, 5) is 17.3. The van der Waals surface area contributed by atoms with Crippen molar-refractivity contribution >= 4 is 17.2 Å². The first kappa shape index (κ1) is 14.2. The molecule has 0 spiro atoms. The number of hydrogen-bond donors (Lipinski definition) is 2. The van der Waals surface area contributed by atoms with Crippen molar-refractivity contribution in [2.45, 2.75) is 37.8 Å². The Labute approximate surface area is 128 Å². The number of nitrogens with one attached hydrogen (secondary N) is 1. The molecule has 5 heteroatoms. The first-order valence-corrected chi connectivity index (χ1v) is 8.12. The van der Waals surface area contributed by atoms with Crippen LogP contribution in [0, 0.1) is 0 Å². The standard InChI is InChI=1S/C16H19N3OS/c17-12-6-8-13(9-7-12)19-15(20)14-10-18-16(21-14)11-4-2-1-3-5-11/h1-5,10,12-13H,6-9,17H2,(H,19,20). The van der Waals surface area contributed by atoms with Crippen LogP contribution < -0.4 is 11.1 Å². The number of nitrogens with zero attached hydrogens (tertiary/aromatic N) is 1. The maximum atomic E-state index is 12.3. The van der Waals surface area contributed by atoms with Gasteiger partial charge in [-0.3, -0.25) is 4.79 Å². The van der Waals surface area contributed by atoms with E-state index in [1.807, 2.05) is 30.3 Å². The molecule has 0 saturated heterocycles. The van der Waals surface area contributed by atoms with Crippen molar-refractivity contribution in [3.05, 3.63) is 41.4 Å². The molecule has 3 rings (SSSR count). The van der Waals surface area contributed by atoms with E-state index >= 15 is 0 Å². The van der Waals surface area contributed by atoms with Crippen molar-refractivity contribution in [3.8, 4) is 10.6 Å². The van der Waals surface area contributed by atoms with Gasteiger partial charge in [0.2, 0.25) is 0 Å². The second-order valence-electron chi connectivity index (χ2n) is 5.48. The molecule has 0 radical (unpaired) electrons. The van der Waals surface area contributed by atoms with Crippen molar-refractivity contribution < 1.29 is 4.79 Å². The van der Waals surface area contributed by atoms with Crippen LogP contribution in [0.15, 0.2) is 36.5 Å². The summed E-state index contributed by atoms with van der Waals surface area (Å²) in [6.07, 6.45) is 5.58. The van der Waals surface area contributed by atoms with Crippen LogP contribution in [0.1, 0.15) is 35.4 Å². The molecule has 0 bridgehead atoms. The summed E-state index contributed by atoms with van der Waals surface area (Å²) in [5.74, 6) is -0.0184. The highest BCUT2D eigenvalue weighted by molar-refractivity contribution is 7.16. The van der Waals surface area contributed by atoms with Gasteiger partial charge in [-0.1, -0.05) is 30.3 Å². The largest absolute Gasteiger partial charge is 0.349 e. The highest BCUT2D eigenvalue weighted by Crippen LogP contribution is 2.25. The normalized spacial score (nSPS) is 22.0. The lowest BCUT2D eigenvalue weighted by Gasteiger charge is -2.26. The van der Waals surface area contributed by atoms with Gasteiger partial charge < -0.3 is 11.1 Å². The fraction of sp³-hybridized carbons (Fsp3) is 0.375. The highest BCUT2D eigenvalue weighted by Gasteiger charge is 2.21. The van der Waals surface area contributed by atoms with Gasteiger partial charge in [-0.15, -0.1) is 11.3 Å². The van der Waals surface area contributed by atoms with Crippen LogP contribution in [0.5, 0.6) is 0 Å². The quantitative estimate of drug-likeness (QED) is 0.916. The Morgan fingerprint density at radius 2 is 1.90 bits per heavy atom. The minimum atomic E-state index is -0.0184. The number of amides is 1. The predicted octanol–water partition coefficient (Wildman–Crippen LogP) is 2.81. The van der Waals surface area contributed by atoms with E-state index in [9.17, 15) is 4.79 Å². The summed E-state index contributed by atoms with van der Waals surface area (Å²) in [7, 11) is 0. The van der Waals surface area contributed by atoms with E-state index in [0.717, 1.165) is 36.3 Å². The Bertz CT molecular complexity index is 603. The molecule has 110 valence electrons. The second-order valence-corrected chi connectivity index (χ2v) is 6.51. The molecule has 1 heterocycles. The third kappa shape index (κ3) is 3.49. The van der Waals surface area contributed by atoms with Crippen molar-refractivity contribution in [2.24, 2.45) is 5.73 Å². The summed E-state index contributed by atoms with van der Waals surface area (Å²) in [6, 6.07) is 10.5. The number of carbonyl (C=O) groups excluding carboxylic acids is 1. The average Bonchev–Trinajstić information content (AvgIpc) is 3.00. The van der Waals surface area contributed by atoms with Crippen molar-refractivity contribution in [3.63, 3.8) is 0 Å². The van der Waals surface area contributed by atoms with Crippen LogP contribution in [0.3, 0.4) is 0 Å². The van der Waals surface area contributed by atoms with Crippen LogP contribution in [0.25, 0.3) is 10.6 Å². The summed E-state index contributed by atoms with van der Waals surface area (Å²) in [5, 5.41) is 3.98. The van der Waals surface area contributed by atoms with Gasteiger partial charge in [-0.2, -0.15) is 0 Å². The lowest BCUT2D eigenvalue weighted by molar-refractivity contribution is 0.0930. The van der Waals surface area contributed by atoms with E-state index in [1.54, 1.807) is 6.20 Å². The SMILES string of the molecule is NC1CCC(NC(=O)c2cnc(-c3ccccc3)s2)CC1. The Morgan fingerprint density at radius 3 is 2.62 bits per heavy atom. The first-order valence-electron chi connectivity index (χ1n) is 7.30. The summed E-state index contributed by atoms with van der Waals surface area (Å²) in [6.45, 7) is 0. The lowest BCUT2D eigenvalue weighted by Crippen LogP contribution is -2.40. The van der Waals surface area contributed by atoms with Gasteiger partial charge in [0.05, 0.1) is 6.20 Å². The van der Waals surface area contributed by atoms with Crippen LogP contribution in [0.4, 0.5) is 0 Å². The molecule has 3 N–H and O–H groups in total. The van der Waals surface area contributed by atoms with E-state index in [4.69, 9.17) is 5.73 Å². The molecule has 4 nitrogen and oxygen atoms in total. The monoisotopic (exact) mass is 301 g/mol. The Kier molecular flexibility index (Phi) is 4.31. The molecule has 0 unspecified atom stereocenters. The van der Waals surface area contributed by atoms with Crippen molar-refractivity contribution in [1.82, 2.24) is 10.3 Å². The third-order valence-electron chi connectivity index (χ3n) is 3.86. The molecule has 1 aliphatic rings. The fourth-order valence-corrected chi connectivity index (χ4v) is 3.44. The Morgan fingerprint density at radius 1 is 1.19 bits per heavy atom. The number of carbonyl (C=O) groups is 1. The maximum absolute atomic E-state index is 12.3. The number of rotatable bonds is 3. The number of nitrogens with two attached hydrogens (primary N) is 1. The molecule has 0 atom stereocenters. The number of hydrogen-bond acceptors (Lipinski definition) is 4. The first-order chi connectivity index (χ1) is 10.2. The molecule has 1 aromatic heterocycles. The fourth-order valence-electron chi connectivity index (χ4n) is 2.61. The smallest absolute Gasteiger partial charge is 0.263 e. The zero-order valence-electron chi connectivity index (χ0n) is 11.8. The molecule has 1 fully saturated rings. The molecule has 1 saturated carbocycles. The van der Waals surface area contributed by atoms with Crippen LogP contribution in [-0.2, 0) is 0 Å². The topological polar surface area (TPSA) is 68.0 Å². The molecular weight excluding hydrogens is 282 g/mol. The van der Waals surface area contributed by atoms with E-state index in [2.05, 4.69) is 10.3 Å². The van der Waals surface area contributed by atoms with Gasteiger partial charge in [-0.25, -0.2) is 4.98 Å². The van der Waals surface area contributed by atoms with Crippen molar-refractivity contribution in [2.75, 3.05) is 0 Å². The Balaban J connectivity index is 1.64. The van der Waals surface area contributed by atoms with Gasteiger partial charge in [-0.05, 0) is 25.7 Å². The average molecular weight is 301 g/mol. The molecule has 1 aliphatic carbocycles.